The quantitative estimate of drug-likeness (QED) is 0.581. The van der Waals surface area contributed by atoms with Crippen molar-refractivity contribution in [1.29, 1.82) is 0 Å². The number of aliphatic hydroxyl groups excluding tert-OH is 1. The number of likely N-dealkylation sites (tertiary alicyclic amines) is 1. The first-order valence-corrected chi connectivity index (χ1v) is 13.9. The van der Waals surface area contributed by atoms with Crippen LogP contribution in [-0.2, 0) is 14.4 Å². The van der Waals surface area contributed by atoms with Crippen LogP contribution in [0.4, 0.5) is 0 Å². The number of hydrogen-bond acceptors (Lipinski definition) is 5. The summed E-state index contributed by atoms with van der Waals surface area (Å²) in [4.78, 5) is 47.5. The van der Waals surface area contributed by atoms with E-state index < -0.39 is 22.6 Å². The molecule has 1 saturated carbocycles. The Morgan fingerprint density at radius 1 is 1.03 bits per heavy atom. The third-order valence-corrected chi connectivity index (χ3v) is 10.1. The molecule has 1 spiro atoms. The van der Waals surface area contributed by atoms with Gasteiger partial charge in [0.1, 0.15) is 6.04 Å². The molecule has 4 heterocycles. The van der Waals surface area contributed by atoms with Gasteiger partial charge in [-0.2, -0.15) is 0 Å². The van der Waals surface area contributed by atoms with Crippen molar-refractivity contribution in [3.05, 3.63) is 24.3 Å². The number of nitrogens with zero attached hydrogens (tertiary/aromatic N) is 3. The van der Waals surface area contributed by atoms with E-state index in [0.29, 0.717) is 32.6 Å². The van der Waals surface area contributed by atoms with Gasteiger partial charge in [-0.3, -0.25) is 14.4 Å². The van der Waals surface area contributed by atoms with Gasteiger partial charge in [0.05, 0.1) is 16.6 Å². The van der Waals surface area contributed by atoms with Crippen LogP contribution in [0.5, 0.6) is 0 Å². The largest absolute Gasteiger partial charge is 0.396 e. The average Bonchev–Trinajstić information content (AvgIpc) is 3.15. The molecular weight excluding hydrogens is 450 g/mol. The van der Waals surface area contributed by atoms with Crippen LogP contribution in [0.2, 0.25) is 0 Å². The van der Waals surface area contributed by atoms with Crippen molar-refractivity contribution in [3.8, 4) is 0 Å². The Morgan fingerprint density at radius 3 is 2.56 bits per heavy atom. The Kier molecular flexibility index (Phi) is 6.81. The first-order chi connectivity index (χ1) is 16.5. The molecule has 0 aromatic rings. The van der Waals surface area contributed by atoms with Crippen LogP contribution in [-0.4, -0.2) is 92.4 Å². The number of fused-ring (bicyclic) bond motifs is 2. The number of hydrogen-bond donors (Lipinski definition) is 1. The third kappa shape index (κ3) is 3.72. The van der Waals surface area contributed by atoms with E-state index in [4.69, 9.17) is 0 Å². The summed E-state index contributed by atoms with van der Waals surface area (Å²) in [5.74, 6) is -1.04. The third-order valence-electron chi connectivity index (χ3n) is 8.34. The highest BCUT2D eigenvalue weighted by molar-refractivity contribution is 8.02. The predicted molar refractivity (Wildman–Crippen MR) is 132 cm³/mol. The van der Waals surface area contributed by atoms with E-state index in [9.17, 15) is 19.5 Å². The first-order valence-electron chi connectivity index (χ1n) is 13.1. The lowest BCUT2D eigenvalue weighted by molar-refractivity contribution is -0.145. The molecule has 3 amide bonds. The smallest absolute Gasteiger partial charge is 0.247 e. The highest BCUT2D eigenvalue weighted by Gasteiger charge is 2.71. The van der Waals surface area contributed by atoms with Gasteiger partial charge in [-0.1, -0.05) is 50.5 Å². The van der Waals surface area contributed by atoms with Crippen LogP contribution in [0.3, 0.4) is 0 Å². The van der Waals surface area contributed by atoms with Gasteiger partial charge in [0.2, 0.25) is 17.7 Å². The summed E-state index contributed by atoms with van der Waals surface area (Å²) in [6.07, 6.45) is 15.1. The molecule has 0 aromatic carbocycles. The maximum atomic E-state index is 14.2. The van der Waals surface area contributed by atoms with Gasteiger partial charge in [-0.15, -0.1) is 11.8 Å². The Labute approximate surface area is 206 Å². The highest BCUT2D eigenvalue weighted by Crippen LogP contribution is 2.61. The van der Waals surface area contributed by atoms with Crippen LogP contribution < -0.4 is 0 Å². The Hall–Kier alpha value is -1.80. The topological polar surface area (TPSA) is 81.2 Å². The van der Waals surface area contributed by atoms with Crippen LogP contribution >= 0.6 is 11.8 Å². The summed E-state index contributed by atoms with van der Waals surface area (Å²) in [6, 6.07) is -0.400. The van der Waals surface area contributed by atoms with E-state index in [1.807, 2.05) is 9.80 Å². The number of carbonyl (C=O) groups is 3. The number of amides is 3. The fourth-order valence-electron chi connectivity index (χ4n) is 6.88. The molecular formula is C26H37N3O4S. The van der Waals surface area contributed by atoms with Gasteiger partial charge < -0.3 is 19.8 Å². The Bertz CT molecular complexity index is 885. The summed E-state index contributed by atoms with van der Waals surface area (Å²) in [7, 11) is 0. The molecule has 0 aromatic heterocycles. The zero-order valence-electron chi connectivity index (χ0n) is 20.1. The van der Waals surface area contributed by atoms with E-state index in [1.165, 1.54) is 6.42 Å². The normalized spacial score (nSPS) is 35.9. The molecule has 5 rings (SSSR count). The van der Waals surface area contributed by atoms with Gasteiger partial charge in [-0.05, 0) is 25.7 Å². The Morgan fingerprint density at radius 2 is 1.82 bits per heavy atom. The summed E-state index contributed by atoms with van der Waals surface area (Å²) < 4.78 is -0.738. The molecule has 34 heavy (non-hydrogen) atoms. The molecule has 3 fully saturated rings. The molecule has 7 nitrogen and oxygen atoms in total. The number of thioether (sulfide) groups is 1. The average molecular weight is 488 g/mol. The molecule has 1 N–H and O–H groups in total. The van der Waals surface area contributed by atoms with Crippen molar-refractivity contribution >= 4 is 29.5 Å². The lowest BCUT2D eigenvalue weighted by atomic mass is 9.78. The minimum Gasteiger partial charge on any atom is -0.396 e. The summed E-state index contributed by atoms with van der Waals surface area (Å²) in [6.45, 7) is 4.19. The summed E-state index contributed by atoms with van der Waals surface area (Å²) >= 11 is 1.65. The molecule has 4 aliphatic heterocycles. The van der Waals surface area contributed by atoms with Crippen molar-refractivity contribution < 1.29 is 19.5 Å². The van der Waals surface area contributed by atoms with E-state index in [0.717, 1.165) is 32.1 Å². The van der Waals surface area contributed by atoms with Gasteiger partial charge in [0.15, 0.2) is 0 Å². The first kappa shape index (κ1) is 23.9. The van der Waals surface area contributed by atoms with Crippen LogP contribution in [0.15, 0.2) is 24.3 Å². The number of carbonyl (C=O) groups excluding carboxylic acids is 3. The van der Waals surface area contributed by atoms with E-state index in [-0.39, 0.29) is 35.6 Å². The molecule has 1 aliphatic carbocycles. The lowest BCUT2D eigenvalue weighted by Crippen LogP contribution is -2.55. The molecule has 186 valence electrons. The van der Waals surface area contributed by atoms with Gasteiger partial charge in [-0.25, -0.2) is 0 Å². The molecule has 1 unspecified atom stereocenters. The van der Waals surface area contributed by atoms with Gasteiger partial charge in [0.25, 0.3) is 0 Å². The minimum atomic E-state index is -0.738. The summed E-state index contributed by atoms with van der Waals surface area (Å²) in [5.41, 5.74) is 0. The highest BCUT2D eigenvalue weighted by atomic mass is 32.2. The number of rotatable bonds is 6. The zero-order valence-corrected chi connectivity index (χ0v) is 20.9. The van der Waals surface area contributed by atoms with Crippen molar-refractivity contribution in [2.24, 2.45) is 11.8 Å². The number of aliphatic hydroxyl groups is 1. The zero-order chi connectivity index (χ0) is 23.9. The SMILES string of the molecule is CCCN1CC=C[C@@H]2S[C@]34C=CCN(C5CCCCC5)C(=O)C3N(CCCO)C(=O)[C@@H]4[C@@H]2C1=O. The summed E-state index contributed by atoms with van der Waals surface area (Å²) in [5, 5.41) is 9.42. The van der Waals surface area contributed by atoms with E-state index >= 15 is 0 Å². The van der Waals surface area contributed by atoms with Crippen molar-refractivity contribution in [1.82, 2.24) is 14.7 Å². The molecule has 0 bridgehead atoms. The second kappa shape index (κ2) is 9.69. The molecule has 0 radical (unpaired) electrons. The monoisotopic (exact) mass is 487 g/mol. The fraction of sp³-hybridized carbons (Fsp3) is 0.731. The maximum absolute atomic E-state index is 14.2. The molecule has 5 atom stereocenters. The maximum Gasteiger partial charge on any atom is 0.247 e. The van der Waals surface area contributed by atoms with Gasteiger partial charge >= 0.3 is 0 Å². The molecule has 8 heteroatoms. The molecule has 2 saturated heterocycles. The van der Waals surface area contributed by atoms with Crippen molar-refractivity contribution in [3.63, 3.8) is 0 Å². The predicted octanol–water partition coefficient (Wildman–Crippen LogP) is 2.21. The standard InChI is InChI=1S/C26H37N3O4S/c1-2-13-27-14-6-11-19-20(23(27)31)21-24(32)29(16-8-17-30)22-25(33)28(18-9-4-3-5-10-18)15-7-12-26(21,22)34-19/h6-7,11-12,18-22,30H,2-5,8-10,13-17H2,1H3/t19-,20+,21-,22?,26-/m0/s1. The second-order valence-electron chi connectivity index (χ2n) is 10.3. The van der Waals surface area contributed by atoms with Crippen LogP contribution in [0, 0.1) is 11.8 Å². The minimum absolute atomic E-state index is 0.0245. The lowest BCUT2D eigenvalue weighted by Gasteiger charge is -2.39. The fourth-order valence-corrected chi connectivity index (χ4v) is 8.89. The van der Waals surface area contributed by atoms with Gasteiger partial charge in [0, 0.05) is 44.1 Å². The van der Waals surface area contributed by atoms with E-state index in [2.05, 4.69) is 31.2 Å². The Balaban J connectivity index is 1.55. The van der Waals surface area contributed by atoms with E-state index in [1.54, 1.807) is 16.7 Å². The second-order valence-corrected chi connectivity index (χ2v) is 11.8. The van der Waals surface area contributed by atoms with Crippen LogP contribution in [0.25, 0.3) is 0 Å². The molecule has 5 aliphatic rings. The van der Waals surface area contributed by atoms with Crippen molar-refractivity contribution in [2.75, 3.05) is 32.8 Å². The van der Waals surface area contributed by atoms with Crippen LogP contribution in [0.1, 0.15) is 51.9 Å². The van der Waals surface area contributed by atoms with Crippen molar-refractivity contribution in [2.45, 2.75) is 74.0 Å².